The number of hydrogen-bond acceptors (Lipinski definition) is 2. The van der Waals surface area contributed by atoms with E-state index in [1.807, 2.05) is 18.2 Å². The molecule has 0 aromatic heterocycles. The third-order valence-corrected chi connectivity index (χ3v) is 4.39. The molecule has 21 heavy (non-hydrogen) atoms. The Morgan fingerprint density at radius 1 is 1.19 bits per heavy atom. The molecule has 0 aliphatic carbocycles. The van der Waals surface area contributed by atoms with E-state index < -0.39 is 0 Å². The van der Waals surface area contributed by atoms with Gasteiger partial charge in [-0.1, -0.05) is 33.6 Å². The minimum absolute atomic E-state index is 0.142. The lowest BCUT2D eigenvalue weighted by molar-refractivity contribution is 0.398. The predicted octanol–water partition coefficient (Wildman–Crippen LogP) is 5.18. The molecule has 0 spiro atoms. The van der Waals surface area contributed by atoms with E-state index >= 15 is 0 Å². The number of alkyl halides is 1. The van der Waals surface area contributed by atoms with Gasteiger partial charge in [-0.05, 0) is 36.8 Å². The summed E-state index contributed by atoms with van der Waals surface area (Å²) >= 11 is 9.66. The van der Waals surface area contributed by atoms with Gasteiger partial charge in [-0.3, -0.25) is 0 Å². The number of halogens is 3. The lowest BCUT2D eigenvalue weighted by Crippen LogP contribution is -2.02. The van der Waals surface area contributed by atoms with Crippen molar-refractivity contribution in [1.82, 2.24) is 0 Å². The summed E-state index contributed by atoms with van der Waals surface area (Å²) in [5, 5.41) is 0.418. The molecule has 0 saturated carbocycles. The molecule has 1 atom stereocenters. The van der Waals surface area contributed by atoms with Crippen molar-refractivity contribution < 1.29 is 13.9 Å². The quantitative estimate of drug-likeness (QED) is 0.673. The van der Waals surface area contributed by atoms with Crippen LogP contribution in [0.3, 0.4) is 0 Å². The lowest BCUT2D eigenvalue weighted by Gasteiger charge is -2.16. The Hall–Kier alpha value is -1.26. The van der Waals surface area contributed by atoms with E-state index in [4.69, 9.17) is 21.1 Å². The van der Waals surface area contributed by atoms with Crippen molar-refractivity contribution in [2.75, 3.05) is 14.2 Å². The summed E-state index contributed by atoms with van der Waals surface area (Å²) in [6.07, 6.45) is 0.412. The minimum atomic E-state index is -0.311. The topological polar surface area (TPSA) is 18.5 Å². The van der Waals surface area contributed by atoms with Crippen LogP contribution in [0.15, 0.2) is 36.4 Å². The molecule has 1 unspecified atom stereocenters. The second-order valence-electron chi connectivity index (χ2n) is 4.48. The highest BCUT2D eigenvalue weighted by molar-refractivity contribution is 9.09. The molecule has 0 amide bonds. The Kier molecular flexibility index (Phi) is 5.48. The highest BCUT2D eigenvalue weighted by atomic mass is 79.9. The van der Waals surface area contributed by atoms with Crippen molar-refractivity contribution in [3.63, 3.8) is 0 Å². The van der Waals surface area contributed by atoms with Crippen molar-refractivity contribution in [1.29, 1.82) is 0 Å². The Morgan fingerprint density at radius 2 is 1.95 bits per heavy atom. The summed E-state index contributed by atoms with van der Waals surface area (Å²) in [7, 11) is 3.20. The average molecular weight is 374 g/mol. The Bertz CT molecular complexity index is 613. The molecule has 0 radical (unpaired) electrons. The summed E-state index contributed by atoms with van der Waals surface area (Å²) in [6, 6.07) is 10.2. The number of benzene rings is 2. The van der Waals surface area contributed by atoms with Crippen LogP contribution in [0.5, 0.6) is 11.5 Å². The second kappa shape index (κ2) is 7.14. The molecule has 2 nitrogen and oxygen atoms in total. The minimum Gasteiger partial charge on any atom is -0.497 e. The molecule has 0 aliphatic heterocycles. The largest absolute Gasteiger partial charge is 0.497 e. The summed E-state index contributed by atoms with van der Waals surface area (Å²) in [4.78, 5) is -0.142. The first-order valence-electron chi connectivity index (χ1n) is 6.35. The average Bonchev–Trinajstić information content (AvgIpc) is 2.50. The van der Waals surface area contributed by atoms with Gasteiger partial charge in [0.15, 0.2) is 0 Å². The van der Waals surface area contributed by atoms with Crippen LogP contribution in [0.2, 0.25) is 5.02 Å². The molecule has 0 N–H and O–H groups in total. The van der Waals surface area contributed by atoms with Gasteiger partial charge >= 0.3 is 0 Å². The molecule has 0 heterocycles. The van der Waals surface area contributed by atoms with E-state index in [0.717, 1.165) is 11.3 Å². The fraction of sp³-hybridized carbons (Fsp3) is 0.250. The fourth-order valence-electron chi connectivity index (χ4n) is 2.10. The van der Waals surface area contributed by atoms with E-state index in [2.05, 4.69) is 15.9 Å². The molecule has 2 aromatic rings. The van der Waals surface area contributed by atoms with Gasteiger partial charge < -0.3 is 9.47 Å². The van der Waals surface area contributed by atoms with E-state index in [1.165, 1.54) is 6.07 Å². The van der Waals surface area contributed by atoms with Crippen LogP contribution >= 0.6 is 27.5 Å². The number of rotatable bonds is 5. The predicted molar refractivity (Wildman–Crippen MR) is 86.3 cm³/mol. The maximum Gasteiger partial charge on any atom is 0.127 e. The number of ether oxygens (including phenoxy) is 2. The van der Waals surface area contributed by atoms with Crippen LogP contribution in [0.25, 0.3) is 0 Å². The summed E-state index contributed by atoms with van der Waals surface area (Å²) in [5.41, 5.74) is 1.36. The monoisotopic (exact) mass is 372 g/mol. The third-order valence-electron chi connectivity index (χ3n) is 3.22. The SMILES string of the molecule is COc1ccc(OC)c(C(Br)Cc2c(F)cccc2Cl)c1. The van der Waals surface area contributed by atoms with Gasteiger partial charge in [-0.25, -0.2) is 4.39 Å². The number of hydrogen-bond donors (Lipinski definition) is 0. The van der Waals surface area contributed by atoms with Crippen LogP contribution in [-0.2, 0) is 6.42 Å². The molecule has 0 saturated heterocycles. The second-order valence-corrected chi connectivity index (χ2v) is 5.99. The fourth-order valence-corrected chi connectivity index (χ4v) is 3.02. The molecular formula is C16H15BrClFO2. The first-order valence-corrected chi connectivity index (χ1v) is 7.65. The zero-order valence-electron chi connectivity index (χ0n) is 11.7. The summed E-state index contributed by atoms with van der Waals surface area (Å²) in [6.45, 7) is 0. The Morgan fingerprint density at radius 3 is 2.57 bits per heavy atom. The van der Waals surface area contributed by atoms with Crippen molar-refractivity contribution in [3.05, 3.63) is 58.4 Å². The van der Waals surface area contributed by atoms with Crippen LogP contribution in [0.1, 0.15) is 16.0 Å². The van der Waals surface area contributed by atoms with Crippen LogP contribution < -0.4 is 9.47 Å². The van der Waals surface area contributed by atoms with Gasteiger partial charge in [0.05, 0.1) is 14.2 Å². The summed E-state index contributed by atoms with van der Waals surface area (Å²) < 4.78 is 24.5. The molecule has 2 rings (SSSR count). The van der Waals surface area contributed by atoms with E-state index in [0.29, 0.717) is 22.8 Å². The van der Waals surface area contributed by atoms with Crippen molar-refractivity contribution in [2.24, 2.45) is 0 Å². The maximum atomic E-state index is 13.9. The van der Waals surface area contributed by atoms with Gasteiger partial charge in [0.2, 0.25) is 0 Å². The smallest absolute Gasteiger partial charge is 0.127 e. The highest BCUT2D eigenvalue weighted by Crippen LogP contribution is 2.37. The normalized spacial score (nSPS) is 12.0. The molecule has 5 heteroatoms. The van der Waals surface area contributed by atoms with Gasteiger partial charge in [0, 0.05) is 21.0 Å². The van der Waals surface area contributed by atoms with Crippen LogP contribution in [0.4, 0.5) is 4.39 Å². The maximum absolute atomic E-state index is 13.9. The Labute approximate surface area is 137 Å². The van der Waals surface area contributed by atoms with E-state index in [1.54, 1.807) is 26.4 Å². The van der Waals surface area contributed by atoms with Crippen LogP contribution in [-0.4, -0.2) is 14.2 Å². The molecule has 0 aliphatic rings. The van der Waals surface area contributed by atoms with Crippen molar-refractivity contribution in [2.45, 2.75) is 11.2 Å². The van der Waals surface area contributed by atoms with Gasteiger partial charge in [0.25, 0.3) is 0 Å². The van der Waals surface area contributed by atoms with Gasteiger partial charge in [0.1, 0.15) is 17.3 Å². The zero-order valence-corrected chi connectivity index (χ0v) is 14.0. The zero-order chi connectivity index (χ0) is 15.4. The summed E-state index contributed by atoms with van der Waals surface area (Å²) in [5.74, 6) is 1.12. The van der Waals surface area contributed by atoms with E-state index in [9.17, 15) is 4.39 Å². The standard InChI is InChI=1S/C16H15BrClFO2/c1-20-10-6-7-16(21-2)11(8-10)13(17)9-12-14(18)4-3-5-15(12)19/h3-8,13H,9H2,1-2H3. The molecule has 0 fully saturated rings. The molecule has 2 aromatic carbocycles. The van der Waals surface area contributed by atoms with Crippen LogP contribution in [0, 0.1) is 5.82 Å². The molecule has 112 valence electrons. The highest BCUT2D eigenvalue weighted by Gasteiger charge is 2.18. The van der Waals surface area contributed by atoms with Gasteiger partial charge in [-0.2, -0.15) is 0 Å². The lowest BCUT2D eigenvalue weighted by atomic mass is 10.0. The molecular weight excluding hydrogens is 359 g/mol. The first-order chi connectivity index (χ1) is 10.1. The van der Waals surface area contributed by atoms with Gasteiger partial charge in [-0.15, -0.1) is 0 Å². The Balaban J connectivity index is 2.33. The van der Waals surface area contributed by atoms with Crippen molar-refractivity contribution in [3.8, 4) is 11.5 Å². The third kappa shape index (κ3) is 3.69. The van der Waals surface area contributed by atoms with Crippen molar-refractivity contribution >= 4 is 27.5 Å². The number of methoxy groups -OCH3 is 2. The first kappa shape index (κ1) is 16.1. The molecule has 0 bridgehead atoms. The van der Waals surface area contributed by atoms with E-state index in [-0.39, 0.29) is 10.6 Å².